The quantitative estimate of drug-likeness (QED) is 0.852. The van der Waals surface area contributed by atoms with Crippen LogP contribution in [-0.2, 0) is 0 Å². The minimum Gasteiger partial charge on any atom is -0.305 e. The molecule has 0 heterocycles. The second-order valence-corrected chi connectivity index (χ2v) is 6.78. The molecule has 0 amide bonds. The summed E-state index contributed by atoms with van der Waals surface area (Å²) in [6.45, 7) is 0. The molecular formula is C20H26N2. The molecule has 2 aromatic rings. The van der Waals surface area contributed by atoms with Gasteiger partial charge in [0.25, 0.3) is 0 Å². The fourth-order valence-electron chi connectivity index (χ4n) is 4.13. The average molecular weight is 294 g/mol. The van der Waals surface area contributed by atoms with Crippen molar-refractivity contribution in [3.8, 4) is 0 Å². The van der Waals surface area contributed by atoms with Crippen molar-refractivity contribution < 1.29 is 0 Å². The molecule has 0 radical (unpaired) electrons. The van der Waals surface area contributed by atoms with Gasteiger partial charge in [0.2, 0.25) is 0 Å². The molecule has 2 nitrogen and oxygen atoms in total. The molecule has 2 heteroatoms. The third kappa shape index (κ3) is 2.57. The Labute approximate surface area is 134 Å². The highest BCUT2D eigenvalue weighted by molar-refractivity contribution is 5.38. The van der Waals surface area contributed by atoms with Gasteiger partial charge in [-0.05, 0) is 39.3 Å². The van der Waals surface area contributed by atoms with Crippen LogP contribution < -0.4 is 0 Å². The van der Waals surface area contributed by atoms with Crippen LogP contribution in [0.5, 0.6) is 0 Å². The molecule has 0 N–H and O–H groups in total. The molecule has 1 fully saturated rings. The van der Waals surface area contributed by atoms with E-state index in [0.29, 0.717) is 23.9 Å². The summed E-state index contributed by atoms with van der Waals surface area (Å²) >= 11 is 0. The van der Waals surface area contributed by atoms with Gasteiger partial charge in [0.1, 0.15) is 0 Å². The first kappa shape index (κ1) is 15.3. The van der Waals surface area contributed by atoms with E-state index in [0.717, 1.165) is 0 Å². The molecule has 0 spiro atoms. The molecule has 0 atom stereocenters. The Kier molecular flexibility index (Phi) is 4.32. The van der Waals surface area contributed by atoms with E-state index >= 15 is 0 Å². The van der Waals surface area contributed by atoms with E-state index in [2.05, 4.69) is 98.7 Å². The number of likely N-dealkylation sites (N-methyl/N-ethyl adjacent to an activating group) is 2. The predicted molar refractivity (Wildman–Crippen MR) is 93.3 cm³/mol. The Balaban J connectivity index is 2.00. The predicted octanol–water partition coefficient (Wildman–Crippen LogP) is 3.43. The summed E-state index contributed by atoms with van der Waals surface area (Å²) < 4.78 is 0. The zero-order chi connectivity index (χ0) is 15.7. The van der Waals surface area contributed by atoms with Crippen molar-refractivity contribution in [2.24, 2.45) is 0 Å². The average Bonchev–Trinajstić information content (AvgIpc) is 2.47. The fourth-order valence-corrected chi connectivity index (χ4v) is 4.13. The number of rotatable bonds is 4. The van der Waals surface area contributed by atoms with Crippen LogP contribution in [0.2, 0.25) is 0 Å². The minimum absolute atomic E-state index is 0.539. The molecule has 0 bridgehead atoms. The zero-order valence-electron chi connectivity index (χ0n) is 14.0. The van der Waals surface area contributed by atoms with Gasteiger partial charge in [0, 0.05) is 23.9 Å². The first-order valence-corrected chi connectivity index (χ1v) is 8.04. The molecule has 2 aromatic carbocycles. The van der Waals surface area contributed by atoms with Gasteiger partial charge in [-0.3, -0.25) is 0 Å². The second kappa shape index (κ2) is 6.23. The van der Waals surface area contributed by atoms with Crippen molar-refractivity contribution in [3.05, 3.63) is 71.8 Å². The van der Waals surface area contributed by atoms with Crippen molar-refractivity contribution in [1.82, 2.24) is 9.80 Å². The van der Waals surface area contributed by atoms with E-state index in [9.17, 15) is 0 Å². The van der Waals surface area contributed by atoms with Crippen molar-refractivity contribution in [3.63, 3.8) is 0 Å². The first-order valence-electron chi connectivity index (χ1n) is 8.04. The summed E-state index contributed by atoms with van der Waals surface area (Å²) in [6, 6.07) is 23.0. The third-order valence-corrected chi connectivity index (χ3v) is 5.03. The van der Waals surface area contributed by atoms with Crippen LogP contribution in [0.4, 0.5) is 0 Å². The lowest BCUT2D eigenvalue weighted by Crippen LogP contribution is -2.62. The molecule has 1 aliphatic carbocycles. The molecule has 1 saturated carbocycles. The van der Waals surface area contributed by atoms with Crippen LogP contribution in [0.1, 0.15) is 23.0 Å². The topological polar surface area (TPSA) is 6.48 Å². The van der Waals surface area contributed by atoms with Gasteiger partial charge in [-0.2, -0.15) is 0 Å². The van der Waals surface area contributed by atoms with Crippen LogP contribution >= 0.6 is 0 Å². The van der Waals surface area contributed by atoms with E-state index in [1.807, 2.05) is 0 Å². The Morgan fingerprint density at radius 2 is 0.864 bits per heavy atom. The molecule has 0 aromatic heterocycles. The number of hydrogen-bond acceptors (Lipinski definition) is 2. The van der Waals surface area contributed by atoms with Gasteiger partial charge < -0.3 is 9.80 Å². The molecule has 0 unspecified atom stereocenters. The summed E-state index contributed by atoms with van der Waals surface area (Å²) in [5.41, 5.74) is 2.90. The Morgan fingerprint density at radius 3 is 1.14 bits per heavy atom. The Hall–Kier alpha value is -1.64. The minimum atomic E-state index is 0.539. The van der Waals surface area contributed by atoms with Crippen LogP contribution in [0, 0.1) is 0 Å². The smallest absolute Gasteiger partial charge is 0.0257 e. The van der Waals surface area contributed by atoms with E-state index < -0.39 is 0 Å². The van der Waals surface area contributed by atoms with E-state index in [1.54, 1.807) is 0 Å². The maximum atomic E-state index is 2.40. The van der Waals surface area contributed by atoms with Crippen molar-refractivity contribution in [1.29, 1.82) is 0 Å². The maximum absolute atomic E-state index is 2.40. The molecule has 0 saturated heterocycles. The lowest BCUT2D eigenvalue weighted by Gasteiger charge is -2.57. The highest BCUT2D eigenvalue weighted by Crippen LogP contribution is 2.51. The fraction of sp³-hybridized carbons (Fsp3) is 0.400. The van der Waals surface area contributed by atoms with Gasteiger partial charge in [-0.1, -0.05) is 60.7 Å². The van der Waals surface area contributed by atoms with Crippen LogP contribution in [-0.4, -0.2) is 50.1 Å². The first-order chi connectivity index (χ1) is 10.6. The van der Waals surface area contributed by atoms with Crippen LogP contribution in [0.3, 0.4) is 0 Å². The summed E-state index contributed by atoms with van der Waals surface area (Å²) in [7, 11) is 8.84. The van der Waals surface area contributed by atoms with E-state index in [1.165, 1.54) is 11.1 Å². The number of benzene rings is 2. The summed E-state index contributed by atoms with van der Waals surface area (Å²) in [5.74, 6) is 1.10. The number of hydrogen-bond donors (Lipinski definition) is 0. The van der Waals surface area contributed by atoms with Crippen molar-refractivity contribution >= 4 is 0 Å². The zero-order valence-corrected chi connectivity index (χ0v) is 14.0. The molecule has 3 rings (SSSR count). The molecule has 116 valence electrons. The van der Waals surface area contributed by atoms with Crippen molar-refractivity contribution in [2.45, 2.75) is 23.9 Å². The maximum Gasteiger partial charge on any atom is 0.0257 e. The molecule has 0 aliphatic heterocycles. The van der Waals surface area contributed by atoms with Gasteiger partial charge in [0.15, 0.2) is 0 Å². The lowest BCUT2D eigenvalue weighted by molar-refractivity contribution is 0.0220. The summed E-state index contributed by atoms with van der Waals surface area (Å²) in [4.78, 5) is 4.80. The van der Waals surface area contributed by atoms with Crippen LogP contribution in [0.15, 0.2) is 60.7 Å². The third-order valence-electron chi connectivity index (χ3n) is 5.03. The largest absolute Gasteiger partial charge is 0.305 e. The van der Waals surface area contributed by atoms with E-state index in [-0.39, 0.29) is 0 Å². The highest BCUT2D eigenvalue weighted by atomic mass is 15.2. The van der Waals surface area contributed by atoms with Gasteiger partial charge in [-0.25, -0.2) is 0 Å². The summed E-state index contributed by atoms with van der Waals surface area (Å²) in [5, 5.41) is 0. The second-order valence-electron chi connectivity index (χ2n) is 6.78. The van der Waals surface area contributed by atoms with E-state index in [4.69, 9.17) is 0 Å². The molecular weight excluding hydrogens is 268 g/mol. The van der Waals surface area contributed by atoms with Gasteiger partial charge >= 0.3 is 0 Å². The normalized spacial score (nSPS) is 27.9. The SMILES string of the molecule is CN(C)C1C(c2ccccc2)C(N(C)C)C1c1ccccc1. The standard InChI is InChI=1S/C20H26N2/c1-21(2)19-17(15-11-7-5-8-12-15)20(22(3)4)18(19)16-13-9-6-10-14-16/h5-14,17-20H,1-4H3. The Morgan fingerprint density at radius 1 is 0.545 bits per heavy atom. The Bertz CT molecular complexity index is 528. The highest BCUT2D eigenvalue weighted by Gasteiger charge is 2.53. The van der Waals surface area contributed by atoms with Crippen LogP contribution in [0.25, 0.3) is 0 Å². The van der Waals surface area contributed by atoms with Crippen molar-refractivity contribution in [2.75, 3.05) is 28.2 Å². The monoisotopic (exact) mass is 294 g/mol. The molecule has 1 aliphatic rings. The van der Waals surface area contributed by atoms with Gasteiger partial charge in [-0.15, -0.1) is 0 Å². The summed E-state index contributed by atoms with van der Waals surface area (Å²) in [6.07, 6.45) is 0. The lowest BCUT2D eigenvalue weighted by atomic mass is 9.59. The number of nitrogens with zero attached hydrogens (tertiary/aromatic N) is 2. The molecule has 22 heavy (non-hydrogen) atoms. The van der Waals surface area contributed by atoms with Gasteiger partial charge in [0.05, 0.1) is 0 Å².